The molecule has 29 heavy (non-hydrogen) atoms. The summed E-state index contributed by atoms with van der Waals surface area (Å²) in [7, 11) is 0. The molecular formula is C21H17N3O4S. The number of nitrogens with zero attached hydrogens (tertiary/aromatic N) is 1. The van der Waals surface area contributed by atoms with Crippen molar-refractivity contribution < 1.29 is 18.7 Å². The third kappa shape index (κ3) is 3.83. The summed E-state index contributed by atoms with van der Waals surface area (Å²) in [5.41, 5.74) is 4.45. The predicted octanol–water partition coefficient (Wildman–Crippen LogP) is 4.54. The lowest BCUT2D eigenvalue weighted by atomic mass is 10.1. The molecule has 1 amide bonds. The molecule has 4 rings (SSSR count). The first-order valence-electron chi connectivity index (χ1n) is 8.78. The standard InChI is InChI=1S/C21H17N3O4S/c1-11-8-12(2)18-15(9-11)23-20(28-18)14-6-5-13(10-16(14)25)22-21(29)24-19(26)17-4-3-7-27-17/h3-10,25H,1-2H3,(H2,22,24,26,29). The number of phenolic OH excluding ortho intramolecular Hbond substituents is 1. The minimum Gasteiger partial charge on any atom is -0.507 e. The van der Waals surface area contributed by atoms with Crippen molar-refractivity contribution in [2.45, 2.75) is 13.8 Å². The van der Waals surface area contributed by atoms with Gasteiger partial charge in [0, 0.05) is 11.8 Å². The molecule has 0 fully saturated rings. The van der Waals surface area contributed by atoms with E-state index in [9.17, 15) is 9.90 Å². The van der Waals surface area contributed by atoms with E-state index < -0.39 is 5.91 Å². The molecule has 7 nitrogen and oxygen atoms in total. The van der Waals surface area contributed by atoms with E-state index in [4.69, 9.17) is 21.1 Å². The number of carbonyl (C=O) groups is 1. The van der Waals surface area contributed by atoms with Gasteiger partial charge in [0.1, 0.15) is 11.3 Å². The fourth-order valence-electron chi connectivity index (χ4n) is 3.02. The van der Waals surface area contributed by atoms with Crippen molar-refractivity contribution in [2.75, 3.05) is 5.32 Å². The summed E-state index contributed by atoms with van der Waals surface area (Å²) in [6.45, 7) is 3.95. The Morgan fingerprint density at radius 1 is 1.17 bits per heavy atom. The van der Waals surface area contributed by atoms with Crippen molar-refractivity contribution in [3.8, 4) is 17.2 Å². The van der Waals surface area contributed by atoms with Gasteiger partial charge in [-0.15, -0.1) is 0 Å². The van der Waals surface area contributed by atoms with Gasteiger partial charge < -0.3 is 19.3 Å². The van der Waals surface area contributed by atoms with Crippen LogP contribution < -0.4 is 10.6 Å². The second kappa shape index (κ2) is 7.40. The molecule has 2 aromatic carbocycles. The molecule has 146 valence electrons. The first-order chi connectivity index (χ1) is 13.9. The Labute approximate surface area is 171 Å². The number of anilines is 1. The summed E-state index contributed by atoms with van der Waals surface area (Å²) in [4.78, 5) is 16.4. The largest absolute Gasteiger partial charge is 0.507 e. The number of fused-ring (bicyclic) bond motifs is 1. The smallest absolute Gasteiger partial charge is 0.293 e. The van der Waals surface area contributed by atoms with Crippen LogP contribution in [0.15, 0.2) is 57.6 Å². The maximum Gasteiger partial charge on any atom is 0.293 e. The predicted molar refractivity (Wildman–Crippen MR) is 113 cm³/mol. The minimum absolute atomic E-state index is 0.0314. The van der Waals surface area contributed by atoms with Gasteiger partial charge in [0.2, 0.25) is 5.89 Å². The molecule has 0 saturated heterocycles. The van der Waals surface area contributed by atoms with Crippen LogP contribution in [-0.2, 0) is 0 Å². The van der Waals surface area contributed by atoms with Gasteiger partial charge in [-0.25, -0.2) is 4.98 Å². The average molecular weight is 407 g/mol. The Kier molecular flexibility index (Phi) is 4.77. The van der Waals surface area contributed by atoms with Gasteiger partial charge in [-0.3, -0.25) is 10.1 Å². The second-order valence-corrected chi connectivity index (χ2v) is 6.97. The summed E-state index contributed by atoms with van der Waals surface area (Å²) in [6, 6.07) is 11.9. The van der Waals surface area contributed by atoms with Crippen molar-refractivity contribution in [2.24, 2.45) is 0 Å². The number of rotatable bonds is 3. The fourth-order valence-corrected chi connectivity index (χ4v) is 3.23. The lowest BCUT2D eigenvalue weighted by molar-refractivity contribution is 0.0950. The third-order valence-electron chi connectivity index (χ3n) is 4.28. The van der Waals surface area contributed by atoms with Crippen LogP contribution in [0.1, 0.15) is 21.7 Å². The number of aromatic hydroxyl groups is 1. The molecule has 0 spiro atoms. The molecule has 4 aromatic rings. The summed E-state index contributed by atoms with van der Waals surface area (Å²) < 4.78 is 10.9. The zero-order valence-electron chi connectivity index (χ0n) is 15.6. The van der Waals surface area contributed by atoms with Crippen LogP contribution in [0.3, 0.4) is 0 Å². The summed E-state index contributed by atoms with van der Waals surface area (Å²) in [6.07, 6.45) is 1.40. The van der Waals surface area contributed by atoms with Gasteiger partial charge >= 0.3 is 0 Å². The molecule has 0 bridgehead atoms. The van der Waals surface area contributed by atoms with E-state index in [2.05, 4.69) is 15.6 Å². The van der Waals surface area contributed by atoms with Crippen LogP contribution in [-0.4, -0.2) is 21.1 Å². The van der Waals surface area contributed by atoms with Gasteiger partial charge in [0.05, 0.1) is 11.8 Å². The normalized spacial score (nSPS) is 10.8. The number of nitrogens with one attached hydrogen (secondary N) is 2. The molecule has 0 aliphatic carbocycles. The number of hydrogen-bond donors (Lipinski definition) is 3. The lowest BCUT2D eigenvalue weighted by Crippen LogP contribution is -2.33. The molecule has 0 atom stereocenters. The molecule has 0 aliphatic heterocycles. The summed E-state index contributed by atoms with van der Waals surface area (Å²) in [5.74, 6) is -0.0261. The van der Waals surface area contributed by atoms with E-state index >= 15 is 0 Å². The van der Waals surface area contributed by atoms with Crippen LogP contribution in [0.25, 0.3) is 22.6 Å². The molecule has 0 radical (unpaired) electrons. The average Bonchev–Trinajstić information content (AvgIpc) is 3.31. The van der Waals surface area contributed by atoms with Crippen molar-refractivity contribution in [3.05, 3.63) is 65.6 Å². The van der Waals surface area contributed by atoms with Crippen LogP contribution in [0, 0.1) is 13.8 Å². The highest BCUT2D eigenvalue weighted by Gasteiger charge is 2.15. The monoisotopic (exact) mass is 407 g/mol. The Hall–Kier alpha value is -3.65. The van der Waals surface area contributed by atoms with Crippen LogP contribution in [0.4, 0.5) is 5.69 Å². The van der Waals surface area contributed by atoms with Gasteiger partial charge in [0.25, 0.3) is 5.91 Å². The van der Waals surface area contributed by atoms with Gasteiger partial charge in [-0.05, 0) is 67.5 Å². The first kappa shape index (κ1) is 18.7. The molecule has 0 saturated carbocycles. The van der Waals surface area contributed by atoms with Crippen molar-refractivity contribution >= 4 is 40.0 Å². The SMILES string of the molecule is Cc1cc(C)c2oc(-c3ccc(NC(=S)NC(=O)c4ccco4)cc3O)nc2c1. The van der Waals surface area contributed by atoms with Crippen LogP contribution in [0.2, 0.25) is 0 Å². The van der Waals surface area contributed by atoms with E-state index in [1.54, 1.807) is 18.2 Å². The van der Waals surface area contributed by atoms with Crippen LogP contribution in [0.5, 0.6) is 5.75 Å². The van der Waals surface area contributed by atoms with Crippen molar-refractivity contribution in [3.63, 3.8) is 0 Å². The quantitative estimate of drug-likeness (QED) is 0.429. The zero-order valence-corrected chi connectivity index (χ0v) is 16.5. The summed E-state index contributed by atoms with van der Waals surface area (Å²) >= 11 is 5.13. The number of aromatic nitrogens is 1. The molecule has 2 heterocycles. The van der Waals surface area contributed by atoms with E-state index in [-0.39, 0.29) is 16.6 Å². The first-order valence-corrected chi connectivity index (χ1v) is 9.18. The highest BCUT2D eigenvalue weighted by molar-refractivity contribution is 7.80. The number of amides is 1. The number of oxazole rings is 1. The van der Waals surface area contributed by atoms with E-state index in [1.807, 2.05) is 26.0 Å². The van der Waals surface area contributed by atoms with Crippen molar-refractivity contribution in [1.29, 1.82) is 0 Å². The zero-order chi connectivity index (χ0) is 20.5. The number of thiocarbonyl (C=S) groups is 1. The van der Waals surface area contributed by atoms with Gasteiger partial charge in [0.15, 0.2) is 16.5 Å². The maximum absolute atomic E-state index is 11.9. The maximum atomic E-state index is 11.9. The number of hydrogen-bond acceptors (Lipinski definition) is 6. The minimum atomic E-state index is -0.467. The Morgan fingerprint density at radius 3 is 2.72 bits per heavy atom. The molecule has 0 unspecified atom stereocenters. The van der Waals surface area contributed by atoms with E-state index in [0.29, 0.717) is 22.7 Å². The second-order valence-electron chi connectivity index (χ2n) is 6.57. The topological polar surface area (TPSA) is 101 Å². The van der Waals surface area contributed by atoms with Crippen molar-refractivity contribution in [1.82, 2.24) is 10.3 Å². The molecule has 3 N–H and O–H groups in total. The Balaban J connectivity index is 1.53. The fraction of sp³-hybridized carbons (Fsp3) is 0.0952. The highest BCUT2D eigenvalue weighted by Crippen LogP contribution is 2.34. The molecule has 8 heteroatoms. The Morgan fingerprint density at radius 2 is 2.00 bits per heavy atom. The third-order valence-corrected chi connectivity index (χ3v) is 4.48. The molecule has 0 aliphatic rings. The molecule has 2 aromatic heterocycles. The number of aryl methyl sites for hydroxylation is 2. The number of furan rings is 1. The van der Waals surface area contributed by atoms with E-state index in [1.165, 1.54) is 18.4 Å². The number of carbonyl (C=O) groups excluding carboxylic acids is 1. The van der Waals surface area contributed by atoms with Gasteiger partial charge in [-0.2, -0.15) is 0 Å². The highest BCUT2D eigenvalue weighted by atomic mass is 32.1. The summed E-state index contributed by atoms with van der Waals surface area (Å²) in [5, 5.41) is 15.9. The van der Waals surface area contributed by atoms with E-state index in [0.717, 1.165) is 16.6 Å². The lowest BCUT2D eigenvalue weighted by Gasteiger charge is -2.10. The molecular weight excluding hydrogens is 390 g/mol. The Bertz CT molecular complexity index is 1230. The van der Waals surface area contributed by atoms with Gasteiger partial charge in [-0.1, -0.05) is 6.07 Å². The number of benzene rings is 2. The number of phenols is 1. The van der Waals surface area contributed by atoms with Crippen LogP contribution >= 0.6 is 12.2 Å².